The predicted molar refractivity (Wildman–Crippen MR) is 71.3 cm³/mol. The number of nitrogens with one attached hydrogen (secondary N) is 1. The summed E-state index contributed by atoms with van der Waals surface area (Å²) in [6.45, 7) is 5.50. The van der Waals surface area contributed by atoms with Gasteiger partial charge < -0.3 is 10.1 Å². The molecule has 0 heterocycles. The zero-order chi connectivity index (χ0) is 14.7. The third kappa shape index (κ3) is 6.77. The molecule has 1 amide bonds. The van der Waals surface area contributed by atoms with E-state index in [-0.39, 0.29) is 18.6 Å². The highest BCUT2D eigenvalue weighted by Gasteiger charge is 2.31. The minimum Gasteiger partial charge on any atom is -0.444 e. The van der Waals surface area contributed by atoms with Crippen molar-refractivity contribution in [3.8, 4) is 0 Å². The van der Waals surface area contributed by atoms with Crippen LogP contribution >= 0.6 is 0 Å². The van der Waals surface area contributed by atoms with E-state index in [1.54, 1.807) is 20.8 Å². The Morgan fingerprint density at radius 3 is 2.47 bits per heavy atom. The molecule has 0 saturated heterocycles. The lowest BCUT2D eigenvalue weighted by Crippen LogP contribution is -2.42. The maximum atomic E-state index is 11.7. The van der Waals surface area contributed by atoms with Crippen LogP contribution in [0.1, 0.15) is 40.0 Å². The topological polar surface area (TPSA) is 81.7 Å². The molecule has 0 bridgehead atoms. The van der Waals surface area contributed by atoms with Crippen molar-refractivity contribution in [2.45, 2.75) is 51.7 Å². The van der Waals surface area contributed by atoms with Gasteiger partial charge in [-0.3, -0.25) is 4.18 Å². The van der Waals surface area contributed by atoms with Gasteiger partial charge >= 0.3 is 6.09 Å². The van der Waals surface area contributed by atoms with Crippen molar-refractivity contribution < 1.29 is 22.1 Å². The minimum absolute atomic E-state index is 0.0160. The fraction of sp³-hybridized carbons (Fsp3) is 0.917. The average Bonchev–Trinajstić information content (AvgIpc) is 2.57. The number of alkyl carbamates (subject to hydrolysis) is 1. The van der Waals surface area contributed by atoms with Gasteiger partial charge in [0.1, 0.15) is 5.60 Å². The van der Waals surface area contributed by atoms with Crippen molar-refractivity contribution >= 4 is 16.2 Å². The van der Waals surface area contributed by atoms with Crippen LogP contribution in [0, 0.1) is 5.92 Å². The summed E-state index contributed by atoms with van der Waals surface area (Å²) >= 11 is 0. The van der Waals surface area contributed by atoms with Crippen LogP contribution in [-0.2, 0) is 19.0 Å². The fourth-order valence-electron chi connectivity index (χ4n) is 2.10. The number of carbonyl (C=O) groups excluding carboxylic acids is 1. The molecule has 1 saturated carbocycles. The molecule has 1 aliphatic rings. The van der Waals surface area contributed by atoms with Crippen LogP contribution in [0.25, 0.3) is 0 Å². The number of amides is 1. The summed E-state index contributed by atoms with van der Waals surface area (Å²) in [4.78, 5) is 11.7. The SMILES string of the molecule is CC(C)(C)OC(=O)NC1CCCC1COS(C)(=O)=O. The van der Waals surface area contributed by atoms with Crippen molar-refractivity contribution in [1.82, 2.24) is 5.32 Å². The molecule has 0 aliphatic heterocycles. The zero-order valence-electron chi connectivity index (χ0n) is 11.9. The maximum Gasteiger partial charge on any atom is 0.407 e. The molecule has 0 aromatic rings. The van der Waals surface area contributed by atoms with Gasteiger partial charge in [0.05, 0.1) is 12.9 Å². The fourth-order valence-corrected chi connectivity index (χ4v) is 2.52. The Kier molecular flexibility index (Phi) is 5.20. The zero-order valence-corrected chi connectivity index (χ0v) is 12.7. The van der Waals surface area contributed by atoms with E-state index in [1.165, 1.54) is 0 Å². The van der Waals surface area contributed by atoms with E-state index >= 15 is 0 Å². The molecule has 1 N–H and O–H groups in total. The molecule has 0 aromatic heterocycles. The molecular weight excluding hydrogens is 270 g/mol. The Morgan fingerprint density at radius 1 is 1.32 bits per heavy atom. The summed E-state index contributed by atoms with van der Waals surface area (Å²) in [5.74, 6) is 0.0160. The molecule has 6 nitrogen and oxygen atoms in total. The molecule has 0 radical (unpaired) electrons. The van der Waals surface area contributed by atoms with Gasteiger partial charge in [-0.2, -0.15) is 8.42 Å². The summed E-state index contributed by atoms with van der Waals surface area (Å²) in [6.07, 6.45) is 3.16. The first-order valence-electron chi connectivity index (χ1n) is 6.41. The summed E-state index contributed by atoms with van der Waals surface area (Å²) in [6, 6.07) is -0.0865. The molecular formula is C12H23NO5S. The van der Waals surface area contributed by atoms with E-state index in [0.717, 1.165) is 25.5 Å². The van der Waals surface area contributed by atoms with Crippen molar-refractivity contribution in [2.24, 2.45) is 5.92 Å². The Hall–Kier alpha value is -0.820. The lowest BCUT2D eigenvalue weighted by atomic mass is 10.1. The third-order valence-electron chi connectivity index (χ3n) is 2.86. The van der Waals surface area contributed by atoms with E-state index in [0.29, 0.717) is 0 Å². The van der Waals surface area contributed by atoms with Gasteiger partial charge in [0, 0.05) is 12.0 Å². The van der Waals surface area contributed by atoms with Gasteiger partial charge in [-0.25, -0.2) is 4.79 Å². The van der Waals surface area contributed by atoms with Crippen LogP contribution in [0.15, 0.2) is 0 Å². The molecule has 19 heavy (non-hydrogen) atoms. The first-order valence-corrected chi connectivity index (χ1v) is 8.22. The number of hydrogen-bond acceptors (Lipinski definition) is 5. The lowest BCUT2D eigenvalue weighted by molar-refractivity contribution is 0.0486. The van der Waals surface area contributed by atoms with E-state index in [2.05, 4.69) is 5.32 Å². The van der Waals surface area contributed by atoms with Crippen molar-refractivity contribution in [1.29, 1.82) is 0 Å². The summed E-state index contributed by atoms with van der Waals surface area (Å²) < 4.78 is 31.9. The standard InChI is InChI=1S/C12H23NO5S/c1-12(2,3)18-11(14)13-10-7-5-6-9(10)8-17-19(4,15)16/h9-10H,5-8H2,1-4H3,(H,13,14). The third-order valence-corrected chi connectivity index (χ3v) is 3.42. The van der Waals surface area contributed by atoms with E-state index in [9.17, 15) is 13.2 Å². The van der Waals surface area contributed by atoms with Gasteiger partial charge in [-0.1, -0.05) is 6.42 Å². The van der Waals surface area contributed by atoms with Crippen molar-refractivity contribution in [3.05, 3.63) is 0 Å². The highest BCUT2D eigenvalue weighted by molar-refractivity contribution is 7.85. The maximum absolute atomic E-state index is 11.7. The second kappa shape index (κ2) is 6.09. The second-order valence-electron chi connectivity index (χ2n) is 5.93. The van der Waals surface area contributed by atoms with E-state index < -0.39 is 21.8 Å². The van der Waals surface area contributed by atoms with E-state index in [1.807, 2.05) is 0 Å². The van der Waals surface area contributed by atoms with Gasteiger partial charge in [-0.05, 0) is 33.6 Å². The monoisotopic (exact) mass is 293 g/mol. The van der Waals surface area contributed by atoms with Gasteiger partial charge in [0.25, 0.3) is 10.1 Å². The Balaban J connectivity index is 2.46. The largest absolute Gasteiger partial charge is 0.444 e. The Morgan fingerprint density at radius 2 is 1.95 bits per heavy atom. The number of hydrogen-bond donors (Lipinski definition) is 1. The molecule has 1 rings (SSSR count). The van der Waals surface area contributed by atoms with Gasteiger partial charge in [0.15, 0.2) is 0 Å². The van der Waals surface area contributed by atoms with Crippen LogP contribution in [0.3, 0.4) is 0 Å². The summed E-state index contributed by atoms with van der Waals surface area (Å²) in [5.41, 5.74) is -0.540. The normalized spacial score (nSPS) is 24.2. The molecule has 0 spiro atoms. The first-order chi connectivity index (χ1) is 8.57. The average molecular weight is 293 g/mol. The quantitative estimate of drug-likeness (QED) is 0.797. The predicted octanol–water partition coefficient (Wildman–Crippen LogP) is 1.66. The molecule has 2 unspecified atom stereocenters. The van der Waals surface area contributed by atoms with Crippen LogP contribution in [0.4, 0.5) is 4.79 Å². The molecule has 2 atom stereocenters. The van der Waals surface area contributed by atoms with Gasteiger partial charge in [-0.15, -0.1) is 0 Å². The summed E-state index contributed by atoms with van der Waals surface area (Å²) in [5, 5.41) is 2.79. The first kappa shape index (κ1) is 16.2. The summed E-state index contributed by atoms with van der Waals surface area (Å²) in [7, 11) is -3.44. The Bertz CT molecular complexity index is 412. The van der Waals surface area contributed by atoms with Crippen molar-refractivity contribution in [3.63, 3.8) is 0 Å². The molecule has 7 heteroatoms. The van der Waals surface area contributed by atoms with Crippen LogP contribution in [0.5, 0.6) is 0 Å². The smallest absolute Gasteiger partial charge is 0.407 e. The molecule has 0 aromatic carbocycles. The second-order valence-corrected chi connectivity index (χ2v) is 7.58. The van der Waals surface area contributed by atoms with Gasteiger partial charge in [0.2, 0.25) is 0 Å². The lowest BCUT2D eigenvalue weighted by Gasteiger charge is -2.24. The number of ether oxygens (including phenoxy) is 1. The number of carbonyl (C=O) groups is 1. The molecule has 1 fully saturated rings. The number of rotatable bonds is 4. The Labute approximate surface area is 115 Å². The highest BCUT2D eigenvalue weighted by atomic mass is 32.2. The molecule has 1 aliphatic carbocycles. The molecule has 112 valence electrons. The minimum atomic E-state index is -3.44. The van der Waals surface area contributed by atoms with Crippen LogP contribution in [0.2, 0.25) is 0 Å². The van der Waals surface area contributed by atoms with Crippen LogP contribution in [-0.4, -0.2) is 39.0 Å². The highest BCUT2D eigenvalue weighted by Crippen LogP contribution is 2.26. The van der Waals surface area contributed by atoms with E-state index in [4.69, 9.17) is 8.92 Å². The van der Waals surface area contributed by atoms with Crippen molar-refractivity contribution in [2.75, 3.05) is 12.9 Å². The van der Waals surface area contributed by atoms with Crippen LogP contribution < -0.4 is 5.32 Å².